The van der Waals surface area contributed by atoms with E-state index in [4.69, 9.17) is 12.2 Å². The number of rotatable bonds is 2. The van der Waals surface area contributed by atoms with Gasteiger partial charge < -0.3 is 10.6 Å². The van der Waals surface area contributed by atoms with Crippen LogP contribution < -0.4 is 10.6 Å². The fourth-order valence-corrected chi connectivity index (χ4v) is 3.61. The van der Waals surface area contributed by atoms with Crippen LogP contribution in [0.2, 0.25) is 0 Å². The highest BCUT2D eigenvalue weighted by molar-refractivity contribution is 9.11. The maximum absolute atomic E-state index is 13.8. The molecule has 1 aromatic carbocycles. The molecule has 98 valence electrons. The van der Waals surface area contributed by atoms with Gasteiger partial charge in [-0.2, -0.15) is 0 Å². The van der Waals surface area contributed by atoms with Crippen LogP contribution in [-0.2, 0) is 0 Å². The van der Waals surface area contributed by atoms with E-state index in [-0.39, 0.29) is 5.82 Å². The van der Waals surface area contributed by atoms with Crippen molar-refractivity contribution in [3.63, 3.8) is 0 Å². The summed E-state index contributed by atoms with van der Waals surface area (Å²) in [5.41, 5.74) is 0.369. The molecule has 1 saturated carbocycles. The molecule has 2 nitrogen and oxygen atoms in total. The Bertz CT molecular complexity index is 438. The molecule has 0 aliphatic heterocycles. The van der Waals surface area contributed by atoms with Gasteiger partial charge in [-0.3, -0.25) is 0 Å². The van der Waals surface area contributed by atoms with Crippen molar-refractivity contribution in [2.24, 2.45) is 0 Å². The Balaban J connectivity index is 2.02. The van der Waals surface area contributed by atoms with Gasteiger partial charge in [-0.15, -0.1) is 0 Å². The monoisotopic (exact) mass is 394 g/mol. The van der Waals surface area contributed by atoms with E-state index in [9.17, 15) is 4.39 Å². The molecule has 0 aromatic heterocycles. The smallest absolute Gasteiger partial charge is 0.171 e. The minimum atomic E-state index is -0.341. The summed E-state index contributed by atoms with van der Waals surface area (Å²) in [6.45, 7) is 0. The second-order valence-corrected chi connectivity index (χ2v) is 6.50. The first-order valence-corrected chi connectivity index (χ1v) is 7.78. The topological polar surface area (TPSA) is 24.1 Å². The minimum Gasteiger partial charge on any atom is -0.360 e. The molecule has 2 N–H and O–H groups in total. The molecule has 0 amide bonds. The molecule has 1 aromatic rings. The number of hydrogen-bond acceptors (Lipinski definition) is 1. The molecule has 6 heteroatoms. The van der Waals surface area contributed by atoms with Crippen LogP contribution in [0.3, 0.4) is 0 Å². The zero-order valence-corrected chi connectivity index (χ0v) is 13.6. The molecule has 1 fully saturated rings. The summed E-state index contributed by atoms with van der Waals surface area (Å²) in [5.74, 6) is -0.341. The maximum atomic E-state index is 13.8. The molecule has 0 heterocycles. The van der Waals surface area contributed by atoms with Crippen LogP contribution in [-0.4, -0.2) is 11.2 Å². The van der Waals surface area contributed by atoms with Crippen LogP contribution in [0.1, 0.15) is 25.7 Å². The number of benzene rings is 1. The lowest BCUT2D eigenvalue weighted by molar-refractivity contribution is 0.625. The van der Waals surface area contributed by atoms with E-state index in [1.54, 1.807) is 6.07 Å². The predicted molar refractivity (Wildman–Crippen MR) is 83.4 cm³/mol. The second-order valence-electron chi connectivity index (χ2n) is 4.32. The van der Waals surface area contributed by atoms with Crippen LogP contribution in [0.15, 0.2) is 21.1 Å². The van der Waals surface area contributed by atoms with Crippen molar-refractivity contribution in [1.82, 2.24) is 5.32 Å². The van der Waals surface area contributed by atoms with Gasteiger partial charge in [-0.1, -0.05) is 28.8 Å². The van der Waals surface area contributed by atoms with E-state index in [2.05, 4.69) is 42.5 Å². The van der Waals surface area contributed by atoms with E-state index >= 15 is 0 Å². The lowest BCUT2D eigenvalue weighted by Gasteiger charge is -2.17. The Labute approximate surface area is 128 Å². The van der Waals surface area contributed by atoms with Crippen molar-refractivity contribution in [3.8, 4) is 0 Å². The number of thiocarbonyl (C=S) groups is 1. The van der Waals surface area contributed by atoms with Gasteiger partial charge in [-0.05, 0) is 53.1 Å². The third-order valence-electron chi connectivity index (χ3n) is 2.94. The molecule has 0 unspecified atom stereocenters. The molecular weight excluding hydrogens is 383 g/mol. The molecule has 1 aliphatic rings. The highest BCUT2D eigenvalue weighted by Crippen LogP contribution is 2.29. The van der Waals surface area contributed by atoms with Gasteiger partial charge in [0.2, 0.25) is 0 Å². The standard InChI is InChI=1S/C12H13Br2FN2S/c13-7-5-9(14)11(10(15)6-7)17-12(18)16-8-3-1-2-4-8/h5-6,8H,1-4H2,(H2,16,17,18). The van der Waals surface area contributed by atoms with Crippen LogP contribution in [0, 0.1) is 5.82 Å². The lowest BCUT2D eigenvalue weighted by atomic mass is 10.2. The molecule has 2 rings (SSSR count). The average Bonchev–Trinajstić information content (AvgIpc) is 2.76. The Kier molecular flexibility index (Phi) is 4.98. The summed E-state index contributed by atoms with van der Waals surface area (Å²) in [6.07, 6.45) is 4.73. The third kappa shape index (κ3) is 3.65. The van der Waals surface area contributed by atoms with Gasteiger partial charge in [0.25, 0.3) is 0 Å². The Morgan fingerprint density at radius 1 is 1.28 bits per heavy atom. The third-order valence-corrected chi connectivity index (χ3v) is 4.24. The Morgan fingerprint density at radius 3 is 2.56 bits per heavy atom. The largest absolute Gasteiger partial charge is 0.360 e. The van der Waals surface area contributed by atoms with Crippen molar-refractivity contribution in [2.45, 2.75) is 31.7 Å². The van der Waals surface area contributed by atoms with Crippen LogP contribution in [0.5, 0.6) is 0 Å². The highest BCUT2D eigenvalue weighted by Gasteiger charge is 2.16. The SMILES string of the molecule is Fc1cc(Br)cc(Br)c1NC(=S)NC1CCCC1. The van der Waals surface area contributed by atoms with Crippen LogP contribution in [0.4, 0.5) is 10.1 Å². The van der Waals surface area contributed by atoms with E-state index in [0.717, 1.165) is 12.8 Å². The van der Waals surface area contributed by atoms with Crippen LogP contribution >= 0.6 is 44.1 Å². The molecule has 0 saturated heterocycles. The zero-order valence-electron chi connectivity index (χ0n) is 9.60. The number of nitrogens with one attached hydrogen (secondary N) is 2. The molecule has 1 aliphatic carbocycles. The molecule has 18 heavy (non-hydrogen) atoms. The summed E-state index contributed by atoms with van der Waals surface area (Å²) in [5, 5.41) is 6.60. The number of hydrogen-bond donors (Lipinski definition) is 2. The van der Waals surface area contributed by atoms with Gasteiger partial charge in [0.15, 0.2) is 5.11 Å². The fraction of sp³-hybridized carbons (Fsp3) is 0.417. The molecule has 0 spiro atoms. The minimum absolute atomic E-state index is 0.341. The van der Waals surface area contributed by atoms with Gasteiger partial charge in [-0.25, -0.2) is 4.39 Å². The van der Waals surface area contributed by atoms with E-state index in [0.29, 0.717) is 25.8 Å². The van der Waals surface area contributed by atoms with Gasteiger partial charge in [0.05, 0.1) is 5.69 Å². The van der Waals surface area contributed by atoms with Crippen molar-refractivity contribution < 1.29 is 4.39 Å². The van der Waals surface area contributed by atoms with E-state index in [1.807, 2.05) is 0 Å². The first-order chi connectivity index (χ1) is 8.56. The number of anilines is 1. The highest BCUT2D eigenvalue weighted by atomic mass is 79.9. The summed E-state index contributed by atoms with van der Waals surface area (Å²) < 4.78 is 15.1. The van der Waals surface area contributed by atoms with Crippen molar-refractivity contribution in [2.75, 3.05) is 5.32 Å². The molecule has 0 atom stereocenters. The summed E-state index contributed by atoms with van der Waals surface area (Å²) in [7, 11) is 0. The Hall–Kier alpha value is -0.200. The second kappa shape index (κ2) is 6.30. The quantitative estimate of drug-likeness (QED) is 0.716. The van der Waals surface area contributed by atoms with Gasteiger partial charge in [0.1, 0.15) is 5.82 Å². The summed E-state index contributed by atoms with van der Waals surface area (Å²) in [4.78, 5) is 0. The first kappa shape index (κ1) is 14.2. The van der Waals surface area contributed by atoms with Crippen molar-refractivity contribution in [3.05, 3.63) is 26.9 Å². The summed E-state index contributed by atoms with van der Waals surface area (Å²) in [6, 6.07) is 3.61. The van der Waals surface area contributed by atoms with Crippen molar-refractivity contribution in [1.29, 1.82) is 0 Å². The lowest BCUT2D eigenvalue weighted by Crippen LogP contribution is -2.36. The number of halogens is 3. The first-order valence-electron chi connectivity index (χ1n) is 5.78. The fourth-order valence-electron chi connectivity index (χ4n) is 2.07. The zero-order chi connectivity index (χ0) is 13.1. The van der Waals surface area contributed by atoms with E-state index < -0.39 is 0 Å². The predicted octanol–water partition coefficient (Wildman–Crippen LogP) is 4.58. The molecule has 0 bridgehead atoms. The Morgan fingerprint density at radius 2 is 1.94 bits per heavy atom. The molecular formula is C12H13Br2FN2S. The van der Waals surface area contributed by atoms with Gasteiger partial charge in [0, 0.05) is 15.0 Å². The normalized spacial score (nSPS) is 15.7. The summed E-state index contributed by atoms with van der Waals surface area (Å²) >= 11 is 11.8. The maximum Gasteiger partial charge on any atom is 0.171 e. The molecule has 0 radical (unpaired) electrons. The average molecular weight is 396 g/mol. The van der Waals surface area contributed by atoms with Crippen molar-refractivity contribution >= 4 is 54.9 Å². The van der Waals surface area contributed by atoms with Gasteiger partial charge >= 0.3 is 0 Å². The van der Waals surface area contributed by atoms with Crippen LogP contribution in [0.25, 0.3) is 0 Å². The van der Waals surface area contributed by atoms with E-state index in [1.165, 1.54) is 18.9 Å².